The van der Waals surface area contributed by atoms with E-state index in [1.165, 1.54) is 25.3 Å². The molecule has 1 aliphatic carbocycles. The molecular weight excluding hydrogens is 363 g/mol. The summed E-state index contributed by atoms with van der Waals surface area (Å²) in [6.07, 6.45) is 1.27. The maximum atomic E-state index is 13.0. The van der Waals surface area contributed by atoms with E-state index in [2.05, 4.69) is 15.3 Å². The van der Waals surface area contributed by atoms with Crippen LogP contribution in [-0.4, -0.2) is 28.2 Å². The molecule has 1 heterocycles. The molecule has 1 aromatic heterocycles. The number of rotatable bonds is 5. The van der Waals surface area contributed by atoms with Crippen LogP contribution < -0.4 is 5.32 Å². The summed E-state index contributed by atoms with van der Waals surface area (Å²) in [7, 11) is 0. The van der Waals surface area contributed by atoms with E-state index in [-0.39, 0.29) is 22.2 Å². The molecule has 0 unspecified atom stereocenters. The number of thioether (sulfide) groups is 1. The normalized spacial score (nSPS) is 16.0. The van der Waals surface area contributed by atoms with Crippen molar-refractivity contribution in [2.45, 2.75) is 43.3 Å². The van der Waals surface area contributed by atoms with Crippen molar-refractivity contribution < 1.29 is 18.0 Å². The molecule has 140 valence electrons. The molecule has 0 aliphatic heterocycles. The Hall–Kier alpha value is -1.83. The first kappa shape index (κ1) is 18.9. The third-order valence-corrected chi connectivity index (χ3v) is 5.47. The van der Waals surface area contributed by atoms with Crippen molar-refractivity contribution in [1.82, 2.24) is 15.3 Å². The summed E-state index contributed by atoms with van der Waals surface area (Å²) < 4.78 is 39.0. The van der Waals surface area contributed by atoms with Crippen molar-refractivity contribution in [2.24, 2.45) is 5.92 Å². The minimum Gasteiger partial charge on any atom is -0.355 e. The average molecular weight is 383 g/mol. The van der Waals surface area contributed by atoms with Gasteiger partial charge in [-0.15, -0.1) is 0 Å². The summed E-state index contributed by atoms with van der Waals surface area (Å²) in [4.78, 5) is 19.3. The maximum Gasteiger partial charge on any atom is 0.451 e. The van der Waals surface area contributed by atoms with Gasteiger partial charge < -0.3 is 5.32 Å². The Kier molecular flexibility index (Phi) is 6.01. The van der Waals surface area contributed by atoms with Crippen LogP contribution in [0.25, 0.3) is 10.9 Å². The van der Waals surface area contributed by atoms with E-state index in [4.69, 9.17) is 0 Å². The lowest BCUT2D eigenvalue weighted by molar-refractivity contribution is -0.145. The topological polar surface area (TPSA) is 54.9 Å². The number of para-hydroxylation sites is 1. The standard InChI is InChI=1S/C18H20F3N3OS/c19-18(20,21)17-23-14-9-5-4-8-13(14)16(24-17)26-11-15(25)22-10-12-6-2-1-3-7-12/h4-5,8-9,12H,1-3,6-7,10-11H2,(H,22,25). The van der Waals surface area contributed by atoms with Crippen LogP contribution >= 0.6 is 11.8 Å². The van der Waals surface area contributed by atoms with Gasteiger partial charge in [-0.3, -0.25) is 4.79 Å². The molecule has 0 bridgehead atoms. The second kappa shape index (κ2) is 8.24. The van der Waals surface area contributed by atoms with Crippen LogP contribution in [0.2, 0.25) is 0 Å². The number of hydrogen-bond donors (Lipinski definition) is 1. The van der Waals surface area contributed by atoms with Crippen molar-refractivity contribution in [3.05, 3.63) is 30.1 Å². The van der Waals surface area contributed by atoms with Gasteiger partial charge in [-0.2, -0.15) is 13.2 Å². The molecule has 1 aromatic carbocycles. The molecule has 1 fully saturated rings. The molecule has 1 amide bonds. The molecule has 0 saturated heterocycles. The predicted molar refractivity (Wildman–Crippen MR) is 94.8 cm³/mol. The third-order valence-electron chi connectivity index (χ3n) is 4.47. The Morgan fingerprint density at radius 3 is 2.62 bits per heavy atom. The summed E-state index contributed by atoms with van der Waals surface area (Å²) in [5.74, 6) is -0.821. The number of benzene rings is 1. The molecule has 0 spiro atoms. The molecule has 4 nitrogen and oxygen atoms in total. The monoisotopic (exact) mass is 383 g/mol. The number of nitrogens with one attached hydrogen (secondary N) is 1. The van der Waals surface area contributed by atoms with E-state index in [0.29, 0.717) is 17.8 Å². The van der Waals surface area contributed by atoms with Gasteiger partial charge in [-0.1, -0.05) is 49.2 Å². The first-order valence-corrected chi connectivity index (χ1v) is 9.65. The van der Waals surface area contributed by atoms with Gasteiger partial charge >= 0.3 is 6.18 Å². The molecule has 1 aliphatic rings. The Bertz CT molecular complexity index is 776. The number of fused-ring (bicyclic) bond motifs is 1. The lowest BCUT2D eigenvalue weighted by Crippen LogP contribution is -2.31. The lowest BCUT2D eigenvalue weighted by atomic mass is 9.89. The van der Waals surface area contributed by atoms with Crippen molar-refractivity contribution in [1.29, 1.82) is 0 Å². The van der Waals surface area contributed by atoms with Gasteiger partial charge in [0.2, 0.25) is 11.7 Å². The quantitative estimate of drug-likeness (QED) is 0.613. The van der Waals surface area contributed by atoms with Gasteiger partial charge in [0, 0.05) is 11.9 Å². The summed E-state index contributed by atoms with van der Waals surface area (Å²) in [6.45, 7) is 0.637. The van der Waals surface area contributed by atoms with Gasteiger partial charge in [-0.25, -0.2) is 9.97 Å². The van der Waals surface area contributed by atoms with Crippen molar-refractivity contribution in [3.8, 4) is 0 Å². The van der Waals surface area contributed by atoms with Gasteiger partial charge in [0.05, 0.1) is 11.3 Å². The van der Waals surface area contributed by atoms with E-state index in [1.807, 2.05) is 0 Å². The van der Waals surface area contributed by atoms with Gasteiger partial charge in [0.15, 0.2) is 0 Å². The zero-order valence-electron chi connectivity index (χ0n) is 14.2. The highest BCUT2D eigenvalue weighted by Gasteiger charge is 2.35. The average Bonchev–Trinajstić information content (AvgIpc) is 2.64. The number of aromatic nitrogens is 2. The highest BCUT2D eigenvalue weighted by molar-refractivity contribution is 8.00. The second-order valence-corrected chi connectivity index (χ2v) is 7.43. The van der Waals surface area contributed by atoms with Gasteiger partial charge in [0.25, 0.3) is 0 Å². The summed E-state index contributed by atoms with van der Waals surface area (Å²) in [5, 5.41) is 3.59. The Labute approximate surface area is 154 Å². The van der Waals surface area contributed by atoms with Gasteiger partial charge in [-0.05, 0) is 24.8 Å². The van der Waals surface area contributed by atoms with E-state index < -0.39 is 12.0 Å². The highest BCUT2D eigenvalue weighted by Crippen LogP contribution is 2.32. The SMILES string of the molecule is O=C(CSc1nc(C(F)(F)F)nc2ccccc12)NCC1CCCCC1. The maximum absolute atomic E-state index is 13.0. The number of hydrogen-bond acceptors (Lipinski definition) is 4. The van der Waals surface area contributed by atoms with Crippen LogP contribution in [0.5, 0.6) is 0 Å². The second-order valence-electron chi connectivity index (χ2n) is 6.46. The Morgan fingerprint density at radius 1 is 1.15 bits per heavy atom. The van der Waals surface area contributed by atoms with Crippen molar-refractivity contribution >= 4 is 28.6 Å². The van der Waals surface area contributed by atoms with Crippen LogP contribution in [0.15, 0.2) is 29.3 Å². The van der Waals surface area contributed by atoms with Crippen LogP contribution in [0, 0.1) is 5.92 Å². The van der Waals surface area contributed by atoms with E-state index in [1.54, 1.807) is 18.2 Å². The van der Waals surface area contributed by atoms with Crippen molar-refractivity contribution in [2.75, 3.05) is 12.3 Å². The Morgan fingerprint density at radius 2 is 1.88 bits per heavy atom. The van der Waals surface area contributed by atoms with Crippen LogP contribution in [-0.2, 0) is 11.0 Å². The number of carbonyl (C=O) groups excluding carboxylic acids is 1. The van der Waals surface area contributed by atoms with Crippen LogP contribution in [0.1, 0.15) is 37.9 Å². The van der Waals surface area contributed by atoms with E-state index in [9.17, 15) is 18.0 Å². The number of halogens is 3. The molecule has 2 aromatic rings. The summed E-state index contributed by atoms with van der Waals surface area (Å²) >= 11 is 1.01. The van der Waals surface area contributed by atoms with Crippen LogP contribution in [0.4, 0.5) is 13.2 Å². The van der Waals surface area contributed by atoms with Gasteiger partial charge in [0.1, 0.15) is 5.03 Å². The van der Waals surface area contributed by atoms with Crippen LogP contribution in [0.3, 0.4) is 0 Å². The molecule has 1 saturated carbocycles. The predicted octanol–water partition coefficient (Wildman–Crippen LogP) is 4.44. The molecule has 0 atom stereocenters. The minimum absolute atomic E-state index is 0.0328. The number of amides is 1. The number of nitrogens with zero attached hydrogens (tertiary/aromatic N) is 2. The number of alkyl halides is 3. The molecular formula is C18H20F3N3OS. The molecule has 0 radical (unpaired) electrons. The zero-order valence-corrected chi connectivity index (χ0v) is 15.0. The first-order chi connectivity index (χ1) is 12.4. The number of carbonyl (C=O) groups is 1. The molecule has 3 rings (SSSR count). The zero-order chi connectivity index (χ0) is 18.6. The fraction of sp³-hybridized carbons (Fsp3) is 0.500. The Balaban J connectivity index is 1.66. The first-order valence-electron chi connectivity index (χ1n) is 8.67. The highest BCUT2D eigenvalue weighted by atomic mass is 32.2. The fourth-order valence-electron chi connectivity index (χ4n) is 3.12. The fourth-order valence-corrected chi connectivity index (χ4v) is 3.97. The van der Waals surface area contributed by atoms with E-state index >= 15 is 0 Å². The molecule has 1 N–H and O–H groups in total. The minimum atomic E-state index is -4.62. The molecule has 26 heavy (non-hydrogen) atoms. The lowest BCUT2D eigenvalue weighted by Gasteiger charge is -2.21. The van der Waals surface area contributed by atoms with E-state index in [0.717, 1.165) is 24.6 Å². The van der Waals surface area contributed by atoms with Crippen molar-refractivity contribution in [3.63, 3.8) is 0 Å². The third kappa shape index (κ3) is 4.87. The summed E-state index contributed by atoms with van der Waals surface area (Å²) in [5.41, 5.74) is 0.222. The smallest absolute Gasteiger partial charge is 0.355 e. The largest absolute Gasteiger partial charge is 0.451 e. The summed E-state index contributed by atoms with van der Waals surface area (Å²) in [6, 6.07) is 6.52. The molecule has 8 heteroatoms.